The van der Waals surface area contributed by atoms with Crippen molar-refractivity contribution in [3.8, 4) is 0 Å². The molecule has 0 radical (unpaired) electrons. The summed E-state index contributed by atoms with van der Waals surface area (Å²) in [5, 5.41) is 0. The molecule has 2 aromatic rings. The molecule has 0 aliphatic rings. The Morgan fingerprint density at radius 1 is 0.837 bits per heavy atom. The Labute approximate surface area is 265 Å². The minimum Gasteiger partial charge on any atom is -0.462 e. The Morgan fingerprint density at radius 2 is 1.28 bits per heavy atom. The standard InChI is InChI=1S/C11H13FO2.C10H14.C4H8F2.C4H10.C2H4O.3C2H6/c1-4-14-11(13)9-5-7(2)8(3)6-10(9)12;1-3-5-10-7-4-6-9(2)8-10;1-2-3-4(5)6;1-4(2)3;1-2-3;3*1-2/h5-6H,4H2,1-3H3;4,6-8H,3,5H2,1-2H3;4H,2-3H2,1H3;4H,1-3H3;2H,1H3;3*1-2H3. The number of ether oxygens (including phenoxy) is 1. The van der Waals surface area contributed by atoms with Crippen LogP contribution in [0.25, 0.3) is 0 Å². The SMILES string of the molecule is CC.CC.CC.CC(C)C.CC=O.CCCC(F)F.CCCc1cccc(C)c1.CCOC(=O)c1cc(C)c(C)cc1F. The van der Waals surface area contributed by atoms with Gasteiger partial charge in [-0.25, -0.2) is 18.0 Å². The summed E-state index contributed by atoms with van der Waals surface area (Å²) in [5.41, 5.74) is 4.55. The predicted octanol–water partition coefficient (Wildman–Crippen LogP) is 12.6. The minimum absolute atomic E-state index is 0.00921. The van der Waals surface area contributed by atoms with Gasteiger partial charge in [0.15, 0.2) is 0 Å². The van der Waals surface area contributed by atoms with Crippen molar-refractivity contribution >= 4 is 12.3 Å². The van der Waals surface area contributed by atoms with E-state index < -0.39 is 18.2 Å². The van der Waals surface area contributed by atoms with E-state index in [1.165, 1.54) is 43.0 Å². The van der Waals surface area contributed by atoms with E-state index in [0.717, 1.165) is 23.3 Å². The zero-order valence-corrected chi connectivity index (χ0v) is 30.6. The maximum atomic E-state index is 13.3. The first-order chi connectivity index (χ1) is 20.3. The lowest BCUT2D eigenvalue weighted by atomic mass is 10.1. The molecule has 0 fully saturated rings. The fourth-order valence-corrected chi connectivity index (χ4v) is 2.52. The quantitative estimate of drug-likeness (QED) is 0.239. The minimum atomic E-state index is -2.10. The van der Waals surface area contributed by atoms with Gasteiger partial charge in [-0.1, -0.05) is 119 Å². The molecular formula is C37H67F3O3. The van der Waals surface area contributed by atoms with Gasteiger partial charge in [-0.3, -0.25) is 0 Å². The maximum Gasteiger partial charge on any atom is 0.341 e. The van der Waals surface area contributed by atoms with Crippen LogP contribution >= 0.6 is 0 Å². The number of halogens is 3. The van der Waals surface area contributed by atoms with Gasteiger partial charge < -0.3 is 9.53 Å². The summed E-state index contributed by atoms with van der Waals surface area (Å²) in [7, 11) is 0. The topological polar surface area (TPSA) is 43.4 Å². The molecule has 3 nitrogen and oxygen atoms in total. The Bertz CT molecular complexity index is 848. The maximum absolute atomic E-state index is 13.3. The van der Waals surface area contributed by atoms with Crippen LogP contribution in [-0.2, 0) is 16.0 Å². The molecule has 43 heavy (non-hydrogen) atoms. The number of carbonyl (C=O) groups excluding carboxylic acids is 2. The summed E-state index contributed by atoms with van der Waals surface area (Å²) in [4.78, 5) is 20.1. The molecule has 0 atom stereocenters. The zero-order chi connectivity index (χ0) is 35.4. The second-order valence-corrected chi connectivity index (χ2v) is 9.02. The molecular weight excluding hydrogens is 549 g/mol. The number of aryl methyl sites for hydroxylation is 4. The lowest BCUT2D eigenvalue weighted by Crippen LogP contribution is -2.08. The number of rotatable bonds is 6. The molecule has 0 saturated carbocycles. The highest BCUT2D eigenvalue weighted by Gasteiger charge is 2.13. The lowest BCUT2D eigenvalue weighted by Gasteiger charge is -2.06. The smallest absolute Gasteiger partial charge is 0.341 e. The number of hydrogen-bond acceptors (Lipinski definition) is 3. The normalized spacial score (nSPS) is 8.49. The lowest BCUT2D eigenvalue weighted by molar-refractivity contribution is -0.106. The Morgan fingerprint density at radius 3 is 1.60 bits per heavy atom. The number of carbonyl (C=O) groups is 2. The van der Waals surface area contributed by atoms with Gasteiger partial charge in [0.2, 0.25) is 6.43 Å². The average molecular weight is 617 g/mol. The first kappa shape index (κ1) is 53.0. The van der Waals surface area contributed by atoms with Gasteiger partial charge in [0, 0.05) is 6.42 Å². The van der Waals surface area contributed by atoms with Gasteiger partial charge in [-0.05, 0) is 75.8 Å². The monoisotopic (exact) mass is 617 g/mol. The van der Waals surface area contributed by atoms with Gasteiger partial charge in [0.05, 0.1) is 12.2 Å². The van der Waals surface area contributed by atoms with Crippen LogP contribution in [0.5, 0.6) is 0 Å². The molecule has 0 bridgehead atoms. The molecule has 0 aliphatic heterocycles. The molecule has 6 heteroatoms. The average Bonchev–Trinajstić information content (AvgIpc) is 2.95. The zero-order valence-electron chi connectivity index (χ0n) is 30.6. The third-order valence-corrected chi connectivity index (χ3v) is 4.21. The van der Waals surface area contributed by atoms with E-state index in [1.807, 2.05) is 48.5 Å². The molecule has 0 saturated heterocycles. The summed E-state index contributed by atoms with van der Waals surface area (Å²) < 4.78 is 40.1. The number of aldehydes is 1. The van der Waals surface area contributed by atoms with Crippen molar-refractivity contribution in [1.82, 2.24) is 0 Å². The van der Waals surface area contributed by atoms with Gasteiger partial charge >= 0.3 is 5.97 Å². The number of hydrogen-bond donors (Lipinski definition) is 0. The number of alkyl halides is 2. The summed E-state index contributed by atoms with van der Waals surface area (Å²) in [5.74, 6) is -0.292. The van der Waals surface area contributed by atoms with Crippen LogP contribution in [0.15, 0.2) is 36.4 Å². The molecule has 2 aromatic carbocycles. The third kappa shape index (κ3) is 41.6. The van der Waals surface area contributed by atoms with Crippen molar-refractivity contribution in [2.45, 2.75) is 143 Å². The second kappa shape index (κ2) is 41.5. The van der Waals surface area contributed by atoms with Crippen LogP contribution in [0.1, 0.15) is 142 Å². The van der Waals surface area contributed by atoms with Crippen LogP contribution in [-0.4, -0.2) is 25.3 Å². The van der Waals surface area contributed by atoms with Crippen molar-refractivity contribution in [2.24, 2.45) is 5.92 Å². The molecule has 254 valence electrons. The van der Waals surface area contributed by atoms with Gasteiger partial charge in [-0.2, -0.15) is 0 Å². The largest absolute Gasteiger partial charge is 0.462 e. The van der Waals surface area contributed by atoms with E-state index in [9.17, 15) is 18.0 Å². The Kier molecular flexibility index (Phi) is 51.1. The van der Waals surface area contributed by atoms with Crippen LogP contribution in [0.2, 0.25) is 0 Å². The molecule has 0 spiro atoms. The Hall–Kier alpha value is -2.63. The van der Waals surface area contributed by atoms with Crippen molar-refractivity contribution in [3.63, 3.8) is 0 Å². The van der Waals surface area contributed by atoms with Crippen molar-refractivity contribution in [1.29, 1.82) is 0 Å². The molecule has 0 unspecified atom stereocenters. The third-order valence-electron chi connectivity index (χ3n) is 4.21. The van der Waals surface area contributed by atoms with E-state index in [-0.39, 0.29) is 18.6 Å². The summed E-state index contributed by atoms with van der Waals surface area (Å²) >= 11 is 0. The highest BCUT2D eigenvalue weighted by atomic mass is 19.3. The fourth-order valence-electron chi connectivity index (χ4n) is 2.52. The number of esters is 1. The number of benzene rings is 2. The van der Waals surface area contributed by atoms with E-state index in [1.54, 1.807) is 20.8 Å². The highest BCUT2D eigenvalue weighted by molar-refractivity contribution is 5.90. The van der Waals surface area contributed by atoms with E-state index >= 15 is 0 Å². The van der Waals surface area contributed by atoms with Crippen molar-refractivity contribution in [2.75, 3.05) is 6.61 Å². The fraction of sp³-hybridized carbons (Fsp3) is 0.622. The van der Waals surface area contributed by atoms with E-state index in [2.05, 4.69) is 58.9 Å². The van der Waals surface area contributed by atoms with Gasteiger partial charge in [0.25, 0.3) is 0 Å². The van der Waals surface area contributed by atoms with Crippen molar-refractivity contribution < 1.29 is 27.5 Å². The summed E-state index contributed by atoms with van der Waals surface area (Å²) in [6.07, 6.45) is 1.72. The second-order valence-electron chi connectivity index (χ2n) is 9.02. The summed E-state index contributed by atoms with van der Waals surface area (Å²) in [6.45, 7) is 31.6. The van der Waals surface area contributed by atoms with Crippen LogP contribution < -0.4 is 0 Å². The molecule has 0 aliphatic carbocycles. The molecule has 0 amide bonds. The van der Waals surface area contributed by atoms with Crippen LogP contribution in [0.3, 0.4) is 0 Å². The summed E-state index contributed by atoms with van der Waals surface area (Å²) in [6, 6.07) is 11.6. The first-order valence-electron chi connectivity index (χ1n) is 16.0. The van der Waals surface area contributed by atoms with Crippen LogP contribution in [0.4, 0.5) is 13.2 Å². The first-order valence-corrected chi connectivity index (χ1v) is 16.0. The van der Waals surface area contributed by atoms with Gasteiger partial charge in [-0.15, -0.1) is 0 Å². The van der Waals surface area contributed by atoms with Gasteiger partial charge in [0.1, 0.15) is 12.1 Å². The Balaban J connectivity index is -0.000000104. The van der Waals surface area contributed by atoms with Crippen LogP contribution in [0, 0.1) is 32.5 Å². The molecule has 0 aromatic heterocycles. The molecule has 0 N–H and O–H groups in total. The van der Waals surface area contributed by atoms with E-state index in [0.29, 0.717) is 6.42 Å². The highest BCUT2D eigenvalue weighted by Crippen LogP contribution is 2.15. The molecule has 2 rings (SSSR count). The predicted molar refractivity (Wildman–Crippen MR) is 184 cm³/mol. The van der Waals surface area contributed by atoms with Crippen molar-refractivity contribution in [3.05, 3.63) is 70.0 Å². The van der Waals surface area contributed by atoms with E-state index in [4.69, 9.17) is 9.53 Å². The molecule has 0 heterocycles.